The molecular weight excluding hydrogens is 469 g/mol. The molecule has 4 aromatic rings. The fourth-order valence-corrected chi connectivity index (χ4v) is 5.26. The van der Waals surface area contributed by atoms with Crippen molar-refractivity contribution in [2.75, 3.05) is 16.1 Å². The van der Waals surface area contributed by atoms with Gasteiger partial charge in [-0.25, -0.2) is 9.37 Å². The number of benzene rings is 3. The third-order valence-corrected chi connectivity index (χ3v) is 7.16. The first-order valence-electron chi connectivity index (χ1n) is 9.29. The summed E-state index contributed by atoms with van der Waals surface area (Å²) in [6.07, 6.45) is 0. The molecule has 3 N–H and O–H groups in total. The third-order valence-electron chi connectivity index (χ3n) is 4.17. The van der Waals surface area contributed by atoms with Gasteiger partial charge in [0, 0.05) is 16.9 Å². The number of fused-ring (bicyclic) bond motifs is 1. The van der Waals surface area contributed by atoms with Gasteiger partial charge in [0.15, 0.2) is 4.34 Å². The predicted molar refractivity (Wildman–Crippen MR) is 129 cm³/mol. The predicted octanol–water partition coefficient (Wildman–Crippen LogP) is 5.19. The SMILES string of the molecule is Cc1ccccc1C(=O)Nc1ccc2nc(SCS(=O)[O-])sc2c1.Nc1ccc(F)cc1. The second kappa shape index (κ2) is 11.2. The molecule has 1 unspecified atom stereocenters. The first-order valence-corrected chi connectivity index (χ1v) is 12.3. The quantitative estimate of drug-likeness (QED) is 0.227. The first kappa shape index (κ1) is 23.9. The van der Waals surface area contributed by atoms with Gasteiger partial charge in [0.1, 0.15) is 5.82 Å². The number of amides is 1. The molecule has 0 aliphatic carbocycles. The van der Waals surface area contributed by atoms with Crippen molar-refractivity contribution in [3.8, 4) is 0 Å². The van der Waals surface area contributed by atoms with E-state index >= 15 is 0 Å². The minimum Gasteiger partial charge on any atom is -0.772 e. The Morgan fingerprint density at radius 2 is 1.91 bits per heavy atom. The third kappa shape index (κ3) is 6.86. The van der Waals surface area contributed by atoms with Crippen LogP contribution in [0.3, 0.4) is 0 Å². The van der Waals surface area contributed by atoms with Gasteiger partial charge in [-0.05, 0) is 72.1 Å². The Morgan fingerprint density at radius 1 is 1.19 bits per heavy atom. The topological polar surface area (TPSA) is 108 Å². The number of nitrogens with zero attached hydrogens (tertiary/aromatic N) is 1. The average molecular weight is 489 g/mol. The minimum atomic E-state index is -2.10. The standard InChI is InChI=1S/C16H14N2O3S3.C6H6FN/c1-10-4-2-3-5-12(10)15(19)17-11-6-7-13-14(8-11)23-16(18-13)22-9-24(20)21;7-5-1-3-6(8)4-2-5/h2-8H,9H2,1H3,(H,17,19)(H,20,21);1-4H,8H2/p-1. The van der Waals surface area contributed by atoms with Crippen molar-refractivity contribution in [2.24, 2.45) is 0 Å². The number of rotatable bonds is 5. The number of thioether (sulfide) groups is 1. The van der Waals surface area contributed by atoms with E-state index in [0.717, 1.165) is 15.8 Å². The van der Waals surface area contributed by atoms with Gasteiger partial charge in [-0.2, -0.15) is 0 Å². The lowest BCUT2D eigenvalue weighted by atomic mass is 10.1. The molecule has 0 saturated carbocycles. The number of thiazole rings is 1. The molecule has 32 heavy (non-hydrogen) atoms. The van der Waals surface area contributed by atoms with Crippen molar-refractivity contribution < 1.29 is 17.9 Å². The number of nitrogen functional groups attached to an aromatic ring is 1. The molecule has 0 aliphatic heterocycles. The van der Waals surface area contributed by atoms with E-state index < -0.39 is 11.1 Å². The van der Waals surface area contributed by atoms with Crippen LogP contribution < -0.4 is 11.1 Å². The number of aryl methyl sites for hydroxylation is 1. The molecule has 3 aromatic carbocycles. The highest BCUT2D eigenvalue weighted by atomic mass is 32.2. The fourth-order valence-electron chi connectivity index (χ4n) is 2.63. The van der Waals surface area contributed by atoms with E-state index in [1.54, 1.807) is 12.1 Å². The Hall–Kier alpha value is -2.79. The molecule has 10 heteroatoms. The second-order valence-corrected chi connectivity index (χ2v) is 10.1. The van der Waals surface area contributed by atoms with E-state index in [-0.39, 0.29) is 16.8 Å². The van der Waals surface area contributed by atoms with Crippen LogP contribution in [0.1, 0.15) is 15.9 Å². The van der Waals surface area contributed by atoms with Crippen molar-refractivity contribution in [3.63, 3.8) is 0 Å². The molecule has 1 atom stereocenters. The lowest BCUT2D eigenvalue weighted by Crippen LogP contribution is -2.13. The molecular formula is C22H19FN3O3S3-. The van der Waals surface area contributed by atoms with Gasteiger partial charge in [0.05, 0.1) is 15.3 Å². The van der Waals surface area contributed by atoms with Gasteiger partial charge in [-0.15, -0.1) is 11.3 Å². The van der Waals surface area contributed by atoms with Gasteiger partial charge in [-0.1, -0.05) is 30.0 Å². The number of carbonyl (C=O) groups is 1. The minimum absolute atomic E-state index is 0.0172. The summed E-state index contributed by atoms with van der Waals surface area (Å²) < 4.78 is 34.9. The lowest BCUT2D eigenvalue weighted by Gasteiger charge is -2.07. The monoisotopic (exact) mass is 488 g/mol. The molecule has 166 valence electrons. The van der Waals surface area contributed by atoms with Crippen LogP contribution >= 0.6 is 23.1 Å². The number of aromatic nitrogens is 1. The largest absolute Gasteiger partial charge is 0.772 e. The Balaban J connectivity index is 0.000000305. The van der Waals surface area contributed by atoms with Crippen LogP contribution in [-0.2, 0) is 11.1 Å². The van der Waals surface area contributed by atoms with Crippen LogP contribution in [0.2, 0.25) is 0 Å². The zero-order valence-corrected chi connectivity index (χ0v) is 19.4. The van der Waals surface area contributed by atoms with Crippen molar-refractivity contribution >= 4 is 61.7 Å². The maximum absolute atomic E-state index is 12.4. The molecule has 1 amide bonds. The van der Waals surface area contributed by atoms with Gasteiger partial charge in [0.2, 0.25) is 0 Å². The van der Waals surface area contributed by atoms with Crippen LogP contribution in [0.25, 0.3) is 10.2 Å². The molecule has 0 saturated heterocycles. The molecule has 6 nitrogen and oxygen atoms in total. The number of hydrogen-bond donors (Lipinski definition) is 2. The zero-order valence-electron chi connectivity index (χ0n) is 16.9. The molecule has 1 aromatic heterocycles. The normalized spacial score (nSPS) is 11.5. The molecule has 1 heterocycles. The van der Waals surface area contributed by atoms with Crippen molar-refractivity contribution in [1.29, 1.82) is 0 Å². The average Bonchev–Trinajstić information content (AvgIpc) is 3.17. The molecule has 0 aliphatic rings. The van der Waals surface area contributed by atoms with Crippen LogP contribution in [-0.4, -0.2) is 24.7 Å². The van der Waals surface area contributed by atoms with Gasteiger partial charge < -0.3 is 15.6 Å². The van der Waals surface area contributed by atoms with Crippen LogP contribution in [0.15, 0.2) is 71.1 Å². The summed E-state index contributed by atoms with van der Waals surface area (Å²) >= 11 is 0.486. The molecule has 0 bridgehead atoms. The molecule has 4 rings (SSSR count). The Bertz CT molecular complexity index is 1230. The Kier molecular flexibility index (Phi) is 8.34. The maximum atomic E-state index is 12.4. The number of hydrogen-bond acceptors (Lipinski definition) is 7. The highest BCUT2D eigenvalue weighted by molar-refractivity contribution is 8.10. The van der Waals surface area contributed by atoms with Crippen molar-refractivity contribution in [2.45, 2.75) is 11.3 Å². The smallest absolute Gasteiger partial charge is 0.255 e. The highest BCUT2D eigenvalue weighted by Crippen LogP contribution is 2.31. The number of nitrogens with two attached hydrogens (primary N) is 1. The summed E-state index contributed by atoms with van der Waals surface area (Å²) in [5, 5.41) is 2.87. The van der Waals surface area contributed by atoms with E-state index in [2.05, 4.69) is 10.3 Å². The van der Waals surface area contributed by atoms with E-state index in [0.29, 0.717) is 21.3 Å². The van der Waals surface area contributed by atoms with Crippen LogP contribution in [0.5, 0.6) is 0 Å². The second-order valence-electron chi connectivity index (χ2n) is 6.55. The van der Waals surface area contributed by atoms with E-state index in [9.17, 15) is 17.9 Å². The molecule has 0 fully saturated rings. The van der Waals surface area contributed by atoms with Crippen LogP contribution in [0, 0.1) is 12.7 Å². The van der Waals surface area contributed by atoms with E-state index in [1.807, 2.05) is 37.3 Å². The number of nitrogens with one attached hydrogen (secondary N) is 1. The number of halogens is 1. The molecule has 0 spiro atoms. The van der Waals surface area contributed by atoms with Crippen molar-refractivity contribution in [1.82, 2.24) is 4.98 Å². The first-order chi connectivity index (χ1) is 15.3. The number of anilines is 2. The summed E-state index contributed by atoms with van der Waals surface area (Å²) in [5.74, 6) is -0.410. The van der Waals surface area contributed by atoms with Crippen molar-refractivity contribution in [3.05, 3.63) is 83.7 Å². The Labute approximate surface area is 195 Å². The van der Waals surface area contributed by atoms with Crippen LogP contribution in [0.4, 0.5) is 15.8 Å². The number of carbonyl (C=O) groups excluding carboxylic acids is 1. The van der Waals surface area contributed by atoms with E-state index in [4.69, 9.17) is 5.73 Å². The lowest BCUT2D eigenvalue weighted by molar-refractivity contribution is 0.102. The maximum Gasteiger partial charge on any atom is 0.255 e. The highest BCUT2D eigenvalue weighted by Gasteiger charge is 2.10. The summed E-state index contributed by atoms with van der Waals surface area (Å²) in [6, 6.07) is 18.6. The summed E-state index contributed by atoms with van der Waals surface area (Å²) in [4.78, 5) is 16.7. The van der Waals surface area contributed by atoms with Gasteiger partial charge >= 0.3 is 0 Å². The Morgan fingerprint density at radius 3 is 2.56 bits per heavy atom. The summed E-state index contributed by atoms with van der Waals surface area (Å²) in [6.45, 7) is 1.89. The van der Waals surface area contributed by atoms with Gasteiger partial charge in [0.25, 0.3) is 5.91 Å². The zero-order chi connectivity index (χ0) is 23.1. The summed E-state index contributed by atoms with van der Waals surface area (Å²) in [7, 11) is 0. The summed E-state index contributed by atoms with van der Waals surface area (Å²) in [5.41, 5.74) is 8.87. The van der Waals surface area contributed by atoms with Gasteiger partial charge in [-0.3, -0.25) is 9.00 Å². The van der Waals surface area contributed by atoms with E-state index in [1.165, 1.54) is 47.4 Å². The molecule has 0 radical (unpaired) electrons. The fraction of sp³-hybridized carbons (Fsp3) is 0.0909.